The third-order valence-electron chi connectivity index (χ3n) is 4.01. The molecule has 3 rings (SSSR count). The second-order valence-corrected chi connectivity index (χ2v) is 7.39. The lowest BCUT2D eigenvalue weighted by atomic mass is 10.1. The summed E-state index contributed by atoms with van der Waals surface area (Å²) in [6.45, 7) is 1.85. The molecule has 2 aliphatic rings. The number of hydrogen-bond donors (Lipinski definition) is 1. The topological polar surface area (TPSA) is 63.2 Å². The van der Waals surface area contributed by atoms with Gasteiger partial charge in [-0.25, -0.2) is 8.42 Å². The van der Waals surface area contributed by atoms with Crippen molar-refractivity contribution in [2.24, 2.45) is 0 Å². The standard InChI is InChI=1S/C13H15NO3S/c1-9-4-5-10-11(8-9)18(16,17)13(12(15)14-10)6-2-3-7-13/h4-5,8H,2-3,6-7H2,1H3,(H,14,15). The number of anilines is 1. The summed E-state index contributed by atoms with van der Waals surface area (Å²) in [5.41, 5.74) is 1.31. The molecule has 1 aliphatic carbocycles. The number of benzene rings is 1. The molecule has 1 spiro atoms. The molecule has 18 heavy (non-hydrogen) atoms. The van der Waals surface area contributed by atoms with Crippen LogP contribution in [0.1, 0.15) is 31.2 Å². The van der Waals surface area contributed by atoms with Crippen molar-refractivity contribution >= 4 is 21.4 Å². The van der Waals surface area contributed by atoms with Gasteiger partial charge in [0.25, 0.3) is 0 Å². The molecule has 0 saturated heterocycles. The lowest BCUT2D eigenvalue weighted by Gasteiger charge is -2.33. The predicted octanol–water partition coefficient (Wildman–Crippen LogP) is 2.03. The van der Waals surface area contributed by atoms with Gasteiger partial charge in [-0.3, -0.25) is 4.79 Å². The number of sulfone groups is 1. The normalized spacial score (nSPS) is 23.7. The van der Waals surface area contributed by atoms with Crippen LogP contribution in [0.15, 0.2) is 23.1 Å². The predicted molar refractivity (Wildman–Crippen MR) is 68.2 cm³/mol. The summed E-state index contributed by atoms with van der Waals surface area (Å²) in [5.74, 6) is -0.351. The first-order valence-electron chi connectivity index (χ1n) is 6.14. The highest BCUT2D eigenvalue weighted by Gasteiger charge is 2.56. The van der Waals surface area contributed by atoms with E-state index in [-0.39, 0.29) is 10.8 Å². The highest BCUT2D eigenvalue weighted by atomic mass is 32.2. The van der Waals surface area contributed by atoms with Crippen LogP contribution in [-0.2, 0) is 14.6 Å². The summed E-state index contributed by atoms with van der Waals surface area (Å²) in [7, 11) is -3.57. The number of fused-ring (bicyclic) bond motifs is 1. The van der Waals surface area contributed by atoms with E-state index in [0.29, 0.717) is 18.5 Å². The smallest absolute Gasteiger partial charge is 0.246 e. The van der Waals surface area contributed by atoms with Crippen LogP contribution in [0.25, 0.3) is 0 Å². The maximum absolute atomic E-state index is 12.7. The number of hydrogen-bond acceptors (Lipinski definition) is 3. The molecule has 5 heteroatoms. The number of carbonyl (C=O) groups is 1. The largest absolute Gasteiger partial charge is 0.324 e. The number of aryl methyl sites for hydroxylation is 1. The van der Waals surface area contributed by atoms with E-state index in [1.54, 1.807) is 18.2 Å². The molecule has 1 aliphatic heterocycles. The Morgan fingerprint density at radius 1 is 1.22 bits per heavy atom. The molecule has 96 valence electrons. The zero-order valence-corrected chi connectivity index (χ0v) is 11.0. The van der Waals surface area contributed by atoms with Crippen LogP contribution in [0.2, 0.25) is 0 Å². The van der Waals surface area contributed by atoms with Crippen molar-refractivity contribution in [3.63, 3.8) is 0 Å². The minimum absolute atomic E-state index is 0.281. The molecule has 1 saturated carbocycles. The molecule has 0 bridgehead atoms. The molecule has 1 aromatic carbocycles. The molecular weight excluding hydrogens is 250 g/mol. The molecule has 0 aromatic heterocycles. The first kappa shape index (κ1) is 11.7. The van der Waals surface area contributed by atoms with Crippen molar-refractivity contribution in [1.82, 2.24) is 0 Å². The monoisotopic (exact) mass is 265 g/mol. The van der Waals surface area contributed by atoms with Crippen LogP contribution in [-0.4, -0.2) is 19.1 Å². The van der Waals surface area contributed by atoms with E-state index in [9.17, 15) is 13.2 Å². The molecule has 4 nitrogen and oxygen atoms in total. The number of nitrogens with one attached hydrogen (secondary N) is 1. The Bertz CT molecular complexity index is 628. The van der Waals surface area contributed by atoms with Gasteiger partial charge in [-0.15, -0.1) is 0 Å². The third-order valence-corrected chi connectivity index (χ3v) is 6.55. The summed E-state index contributed by atoms with van der Waals surface area (Å²) in [5, 5.41) is 2.76. The van der Waals surface area contributed by atoms with Crippen LogP contribution in [0, 0.1) is 6.92 Å². The number of carbonyl (C=O) groups excluding carboxylic acids is 1. The Balaban J connectivity index is 2.28. The average Bonchev–Trinajstić information content (AvgIpc) is 2.80. The van der Waals surface area contributed by atoms with Gasteiger partial charge in [-0.2, -0.15) is 0 Å². The Morgan fingerprint density at radius 2 is 1.89 bits per heavy atom. The molecule has 0 atom stereocenters. The van der Waals surface area contributed by atoms with Crippen LogP contribution in [0.4, 0.5) is 5.69 Å². The SMILES string of the molecule is Cc1ccc2c(c1)S(=O)(=O)C1(CCCC1)C(=O)N2. The first-order valence-corrected chi connectivity index (χ1v) is 7.62. The van der Waals surface area contributed by atoms with Gasteiger partial charge in [0.15, 0.2) is 14.6 Å². The summed E-state index contributed by atoms with van der Waals surface area (Å²) in [6, 6.07) is 5.13. The molecular formula is C13H15NO3S. The highest BCUT2D eigenvalue weighted by molar-refractivity contribution is 7.94. The summed E-state index contributed by atoms with van der Waals surface area (Å²) < 4.78 is 24.2. The zero-order chi connectivity index (χ0) is 13.0. The summed E-state index contributed by atoms with van der Waals surface area (Å²) in [6.07, 6.45) is 2.48. The van der Waals surface area contributed by atoms with E-state index in [2.05, 4.69) is 5.32 Å². The fraction of sp³-hybridized carbons (Fsp3) is 0.462. The first-order chi connectivity index (χ1) is 8.47. The van der Waals surface area contributed by atoms with Crippen molar-refractivity contribution in [2.75, 3.05) is 5.32 Å². The lowest BCUT2D eigenvalue weighted by molar-refractivity contribution is -0.118. The van der Waals surface area contributed by atoms with Crippen LogP contribution >= 0.6 is 0 Å². The van der Waals surface area contributed by atoms with E-state index in [0.717, 1.165) is 18.4 Å². The Labute approximate surface area is 106 Å². The second-order valence-electron chi connectivity index (χ2n) is 5.16. The van der Waals surface area contributed by atoms with E-state index in [1.165, 1.54) is 0 Å². The van der Waals surface area contributed by atoms with E-state index in [4.69, 9.17) is 0 Å². The van der Waals surface area contributed by atoms with Crippen molar-refractivity contribution in [3.05, 3.63) is 23.8 Å². The quantitative estimate of drug-likeness (QED) is 0.780. The van der Waals surface area contributed by atoms with Gasteiger partial charge < -0.3 is 5.32 Å². The van der Waals surface area contributed by atoms with Gasteiger partial charge in [0.1, 0.15) is 0 Å². The summed E-state index contributed by atoms with van der Waals surface area (Å²) >= 11 is 0. The van der Waals surface area contributed by atoms with E-state index < -0.39 is 14.6 Å². The van der Waals surface area contributed by atoms with Gasteiger partial charge >= 0.3 is 0 Å². The van der Waals surface area contributed by atoms with Crippen LogP contribution in [0.5, 0.6) is 0 Å². The maximum Gasteiger partial charge on any atom is 0.246 e. The summed E-state index contributed by atoms with van der Waals surface area (Å²) in [4.78, 5) is 12.5. The molecule has 0 unspecified atom stereocenters. The van der Waals surface area contributed by atoms with Crippen molar-refractivity contribution < 1.29 is 13.2 Å². The van der Waals surface area contributed by atoms with E-state index >= 15 is 0 Å². The Kier molecular flexibility index (Phi) is 2.32. The molecule has 1 heterocycles. The van der Waals surface area contributed by atoms with Gasteiger partial charge in [-0.1, -0.05) is 18.9 Å². The number of amides is 1. The fourth-order valence-electron chi connectivity index (χ4n) is 2.97. The molecule has 1 aromatic rings. The average molecular weight is 265 g/mol. The Morgan fingerprint density at radius 3 is 2.56 bits per heavy atom. The van der Waals surface area contributed by atoms with Gasteiger partial charge in [0.2, 0.25) is 5.91 Å². The van der Waals surface area contributed by atoms with Crippen molar-refractivity contribution in [2.45, 2.75) is 42.2 Å². The minimum Gasteiger partial charge on any atom is -0.324 e. The highest BCUT2D eigenvalue weighted by Crippen LogP contribution is 2.46. The lowest BCUT2D eigenvalue weighted by Crippen LogP contribution is -2.50. The van der Waals surface area contributed by atoms with Crippen LogP contribution < -0.4 is 5.32 Å². The zero-order valence-electron chi connectivity index (χ0n) is 10.2. The molecule has 1 N–H and O–H groups in total. The third kappa shape index (κ3) is 1.31. The van der Waals surface area contributed by atoms with Gasteiger partial charge in [0, 0.05) is 0 Å². The number of rotatable bonds is 0. The van der Waals surface area contributed by atoms with Gasteiger partial charge in [-0.05, 0) is 37.5 Å². The van der Waals surface area contributed by atoms with Gasteiger partial charge in [0.05, 0.1) is 10.6 Å². The van der Waals surface area contributed by atoms with Crippen LogP contribution in [0.3, 0.4) is 0 Å². The minimum atomic E-state index is -3.57. The fourth-order valence-corrected chi connectivity index (χ4v) is 5.26. The van der Waals surface area contributed by atoms with Crippen molar-refractivity contribution in [1.29, 1.82) is 0 Å². The molecule has 1 amide bonds. The van der Waals surface area contributed by atoms with E-state index in [1.807, 2.05) is 6.92 Å². The molecule has 1 fully saturated rings. The maximum atomic E-state index is 12.7. The Hall–Kier alpha value is -1.36. The molecule has 0 radical (unpaired) electrons. The second kappa shape index (κ2) is 3.57. The van der Waals surface area contributed by atoms with Crippen molar-refractivity contribution in [3.8, 4) is 0 Å².